The van der Waals surface area contributed by atoms with E-state index in [0.717, 1.165) is 23.0 Å². The van der Waals surface area contributed by atoms with Gasteiger partial charge >= 0.3 is 0 Å². The van der Waals surface area contributed by atoms with E-state index in [4.69, 9.17) is 0 Å². The van der Waals surface area contributed by atoms with Crippen molar-refractivity contribution >= 4 is 23.6 Å². The zero-order valence-electron chi connectivity index (χ0n) is 12.3. The quantitative estimate of drug-likeness (QED) is 0.301. The van der Waals surface area contributed by atoms with Crippen LogP contribution >= 0.6 is 11.8 Å². The molecule has 23 heavy (non-hydrogen) atoms. The van der Waals surface area contributed by atoms with Gasteiger partial charge in [-0.05, 0) is 16.5 Å². The van der Waals surface area contributed by atoms with Crippen LogP contribution in [0.5, 0.6) is 0 Å². The van der Waals surface area contributed by atoms with Crippen LogP contribution < -0.4 is 0 Å². The van der Waals surface area contributed by atoms with Crippen LogP contribution in [0.2, 0.25) is 0 Å². The van der Waals surface area contributed by atoms with Crippen LogP contribution in [0.1, 0.15) is 5.56 Å². The topological polar surface area (TPSA) is 42.9 Å². The molecule has 0 unspecified atom stereocenters. The van der Waals surface area contributed by atoms with Gasteiger partial charge in [0.15, 0.2) is 11.4 Å². The van der Waals surface area contributed by atoms with Crippen molar-refractivity contribution in [2.24, 2.45) is 0 Å². The molecule has 0 aliphatic rings. The number of carbonyl (C=O) groups is 1. The normalized spacial score (nSPS) is 11.2. The lowest BCUT2D eigenvalue weighted by Crippen LogP contribution is -1.88. The number of allylic oxidation sites excluding steroid dienone is 1. The van der Waals surface area contributed by atoms with Crippen molar-refractivity contribution < 1.29 is 4.79 Å². The minimum atomic E-state index is 0.611. The van der Waals surface area contributed by atoms with E-state index >= 15 is 0 Å². The molecule has 0 aliphatic carbocycles. The summed E-state index contributed by atoms with van der Waals surface area (Å²) in [5.41, 5.74) is 3.55. The van der Waals surface area contributed by atoms with Gasteiger partial charge in [0.2, 0.25) is 0 Å². The highest BCUT2D eigenvalue weighted by atomic mass is 32.2. The Morgan fingerprint density at radius 3 is 2.04 bits per heavy atom. The first kappa shape index (κ1) is 15.2. The molecule has 0 aliphatic heterocycles. The maximum Gasteiger partial charge on any atom is 0.191 e. The number of benzene rings is 2. The number of hydrogen-bond donors (Lipinski definition) is 0. The van der Waals surface area contributed by atoms with E-state index in [1.807, 2.05) is 60.7 Å². The summed E-state index contributed by atoms with van der Waals surface area (Å²) in [6.07, 6.45) is 4.43. The van der Waals surface area contributed by atoms with Crippen molar-refractivity contribution in [3.63, 3.8) is 0 Å². The van der Waals surface area contributed by atoms with Gasteiger partial charge in [-0.3, -0.25) is 4.79 Å². The molecule has 1 heterocycles. The summed E-state index contributed by atoms with van der Waals surface area (Å²) in [4.78, 5) is 19.9. The monoisotopic (exact) mass is 318 g/mol. The Morgan fingerprint density at radius 1 is 0.826 bits per heavy atom. The Labute approximate surface area is 139 Å². The molecule has 0 amide bonds. The number of aromatic nitrogens is 2. The summed E-state index contributed by atoms with van der Waals surface area (Å²) < 4.78 is 0. The van der Waals surface area contributed by atoms with E-state index in [-0.39, 0.29) is 0 Å². The standard InChI is InChI=1S/C19H14N2OS/c22-13-18(16-9-5-2-6-10-16)14-23-19-20-11-17(12-21-19)15-7-3-1-4-8-15/h1-14H/b18-14+. The number of hydrogen-bond acceptors (Lipinski definition) is 4. The van der Waals surface area contributed by atoms with Crippen molar-refractivity contribution in [2.45, 2.75) is 5.16 Å². The van der Waals surface area contributed by atoms with Gasteiger partial charge in [0.1, 0.15) is 0 Å². The van der Waals surface area contributed by atoms with Crippen LogP contribution in [0.15, 0.2) is 83.6 Å². The number of aldehydes is 1. The molecule has 0 atom stereocenters. The highest BCUT2D eigenvalue weighted by molar-refractivity contribution is 8.02. The highest BCUT2D eigenvalue weighted by Crippen LogP contribution is 2.23. The van der Waals surface area contributed by atoms with Gasteiger partial charge < -0.3 is 0 Å². The average Bonchev–Trinajstić information content (AvgIpc) is 2.64. The van der Waals surface area contributed by atoms with Gasteiger partial charge in [0.05, 0.1) is 0 Å². The summed E-state index contributed by atoms with van der Waals surface area (Å²) in [6.45, 7) is 0. The number of nitrogens with zero attached hydrogens (tertiary/aromatic N) is 2. The summed E-state index contributed by atoms with van der Waals surface area (Å²) in [6, 6.07) is 19.5. The smallest absolute Gasteiger partial charge is 0.191 e. The third-order valence-corrected chi connectivity index (χ3v) is 4.05. The van der Waals surface area contributed by atoms with Crippen LogP contribution in [0.3, 0.4) is 0 Å². The second-order valence-corrected chi connectivity index (χ2v) is 5.63. The molecule has 3 aromatic rings. The predicted octanol–water partition coefficient (Wildman–Crippen LogP) is 4.48. The van der Waals surface area contributed by atoms with Crippen LogP contribution in [0, 0.1) is 0 Å². The van der Waals surface area contributed by atoms with Gasteiger partial charge in [0, 0.05) is 23.5 Å². The van der Waals surface area contributed by atoms with E-state index in [1.54, 1.807) is 17.8 Å². The van der Waals surface area contributed by atoms with E-state index in [2.05, 4.69) is 9.97 Å². The van der Waals surface area contributed by atoms with Crippen molar-refractivity contribution in [3.05, 3.63) is 84.0 Å². The molecule has 3 rings (SSSR count). The molecule has 1 aromatic heterocycles. The predicted molar refractivity (Wildman–Crippen MR) is 93.8 cm³/mol. The van der Waals surface area contributed by atoms with Crippen LogP contribution in [-0.2, 0) is 4.79 Å². The average molecular weight is 318 g/mol. The Morgan fingerprint density at radius 2 is 1.43 bits per heavy atom. The first-order chi connectivity index (χ1) is 11.4. The second kappa shape index (κ2) is 7.51. The second-order valence-electron chi connectivity index (χ2n) is 4.80. The lowest BCUT2D eigenvalue weighted by atomic mass is 10.1. The molecule has 0 saturated carbocycles. The van der Waals surface area contributed by atoms with Gasteiger partial charge in [0.25, 0.3) is 0 Å². The fourth-order valence-corrected chi connectivity index (χ4v) is 2.72. The third-order valence-electron chi connectivity index (χ3n) is 3.26. The number of thioether (sulfide) groups is 1. The lowest BCUT2D eigenvalue weighted by molar-refractivity contribution is -0.103. The van der Waals surface area contributed by atoms with E-state index < -0.39 is 0 Å². The Balaban J connectivity index is 1.76. The molecule has 0 fully saturated rings. The van der Waals surface area contributed by atoms with Gasteiger partial charge in [-0.15, -0.1) is 0 Å². The van der Waals surface area contributed by atoms with E-state index in [1.165, 1.54) is 11.8 Å². The van der Waals surface area contributed by atoms with Crippen LogP contribution in [-0.4, -0.2) is 16.3 Å². The SMILES string of the molecule is O=C/C(=C\Sc1ncc(-c2ccccc2)cn1)c1ccccc1. The molecule has 3 nitrogen and oxygen atoms in total. The van der Waals surface area contributed by atoms with Gasteiger partial charge in [-0.1, -0.05) is 72.4 Å². The van der Waals surface area contributed by atoms with Crippen LogP contribution in [0.4, 0.5) is 0 Å². The largest absolute Gasteiger partial charge is 0.298 e. The number of rotatable bonds is 5. The minimum absolute atomic E-state index is 0.611. The molecule has 4 heteroatoms. The Kier molecular flexibility index (Phi) is 4.96. The number of carbonyl (C=O) groups excluding carboxylic acids is 1. The third kappa shape index (κ3) is 3.93. The zero-order chi connectivity index (χ0) is 15.9. The van der Waals surface area contributed by atoms with Crippen LogP contribution in [0.25, 0.3) is 16.7 Å². The molecule has 0 radical (unpaired) electrons. The first-order valence-corrected chi connectivity index (χ1v) is 7.99. The van der Waals surface area contributed by atoms with Crippen molar-refractivity contribution in [2.75, 3.05) is 0 Å². The summed E-state index contributed by atoms with van der Waals surface area (Å²) >= 11 is 1.34. The minimum Gasteiger partial charge on any atom is -0.298 e. The molecular weight excluding hydrogens is 304 g/mol. The summed E-state index contributed by atoms with van der Waals surface area (Å²) in [5.74, 6) is 0. The maximum absolute atomic E-state index is 11.2. The molecule has 0 bridgehead atoms. The molecule has 0 saturated heterocycles. The fourth-order valence-electron chi connectivity index (χ4n) is 2.07. The van der Waals surface area contributed by atoms with Gasteiger partial charge in [-0.25, -0.2) is 9.97 Å². The Bertz CT molecular complexity index is 800. The van der Waals surface area contributed by atoms with Gasteiger partial charge in [-0.2, -0.15) is 0 Å². The lowest BCUT2D eigenvalue weighted by Gasteiger charge is -2.02. The molecule has 112 valence electrons. The van der Waals surface area contributed by atoms with Crippen molar-refractivity contribution in [1.82, 2.24) is 9.97 Å². The molecule has 0 N–H and O–H groups in total. The van der Waals surface area contributed by atoms with E-state index in [9.17, 15) is 4.79 Å². The molecule has 0 spiro atoms. The Hall–Kier alpha value is -2.72. The molecular formula is C19H14N2OS. The zero-order valence-corrected chi connectivity index (χ0v) is 13.1. The fraction of sp³-hybridized carbons (Fsp3) is 0. The highest BCUT2D eigenvalue weighted by Gasteiger charge is 2.02. The van der Waals surface area contributed by atoms with Crippen molar-refractivity contribution in [3.8, 4) is 11.1 Å². The molecule has 2 aromatic carbocycles. The van der Waals surface area contributed by atoms with E-state index in [0.29, 0.717) is 10.7 Å². The summed E-state index contributed by atoms with van der Waals surface area (Å²) in [5, 5.41) is 2.39. The van der Waals surface area contributed by atoms with Crippen molar-refractivity contribution in [1.29, 1.82) is 0 Å². The summed E-state index contributed by atoms with van der Waals surface area (Å²) in [7, 11) is 0. The maximum atomic E-state index is 11.2. The first-order valence-electron chi connectivity index (χ1n) is 7.12.